The second kappa shape index (κ2) is 7.31. The number of hydrogen-bond donors (Lipinski definition) is 3. The zero-order valence-electron chi connectivity index (χ0n) is 12.6. The van der Waals surface area contributed by atoms with Crippen LogP contribution >= 0.6 is 0 Å². The highest BCUT2D eigenvalue weighted by molar-refractivity contribution is 5.94. The topological polar surface area (TPSA) is 95.9 Å². The lowest BCUT2D eigenvalue weighted by atomic mass is 10.2. The molecule has 0 saturated carbocycles. The number of phenols is 1. The lowest BCUT2D eigenvalue weighted by Crippen LogP contribution is -2.15. The van der Waals surface area contributed by atoms with Gasteiger partial charge in [0.05, 0.1) is 24.3 Å². The summed E-state index contributed by atoms with van der Waals surface area (Å²) < 4.78 is 5.45. The number of ether oxygens (including phenoxy) is 1. The van der Waals surface area contributed by atoms with Crippen LogP contribution in [0.3, 0.4) is 0 Å². The van der Waals surface area contributed by atoms with Crippen molar-refractivity contribution in [3.63, 3.8) is 0 Å². The van der Waals surface area contributed by atoms with E-state index in [0.29, 0.717) is 5.75 Å². The number of aryl methyl sites for hydroxylation is 1. The standard InChI is InChI=1S/C17H17NO5/c1-11-2-5-13(6-3-11)23-9-8-16(20)18-14-7-4-12(17(21)22)10-15(14)19/h2-7,10,19H,8-9H2,1H3,(H,18,20)(H,21,22). The SMILES string of the molecule is Cc1ccc(OCCC(=O)Nc2ccc(C(=O)O)cc2O)cc1. The first-order valence-electron chi connectivity index (χ1n) is 7.01. The number of carbonyl (C=O) groups excluding carboxylic acids is 1. The Hall–Kier alpha value is -3.02. The van der Waals surface area contributed by atoms with Gasteiger partial charge >= 0.3 is 5.97 Å². The van der Waals surface area contributed by atoms with E-state index in [0.717, 1.165) is 11.6 Å². The van der Waals surface area contributed by atoms with Crippen LogP contribution in [0.25, 0.3) is 0 Å². The van der Waals surface area contributed by atoms with Crippen LogP contribution in [0.15, 0.2) is 42.5 Å². The van der Waals surface area contributed by atoms with Crippen LogP contribution in [0.2, 0.25) is 0 Å². The smallest absolute Gasteiger partial charge is 0.335 e. The number of nitrogens with one attached hydrogen (secondary N) is 1. The van der Waals surface area contributed by atoms with E-state index in [9.17, 15) is 14.7 Å². The number of aromatic carboxylic acids is 1. The van der Waals surface area contributed by atoms with Gasteiger partial charge in [0, 0.05) is 0 Å². The van der Waals surface area contributed by atoms with E-state index in [1.54, 1.807) is 0 Å². The number of aromatic hydroxyl groups is 1. The van der Waals surface area contributed by atoms with Gasteiger partial charge in [-0.3, -0.25) is 4.79 Å². The minimum absolute atomic E-state index is 0.0526. The second-order valence-electron chi connectivity index (χ2n) is 5.00. The van der Waals surface area contributed by atoms with Crippen molar-refractivity contribution < 1.29 is 24.5 Å². The summed E-state index contributed by atoms with van der Waals surface area (Å²) in [6.07, 6.45) is 0.105. The fourth-order valence-corrected chi connectivity index (χ4v) is 1.88. The number of carbonyl (C=O) groups is 2. The van der Waals surface area contributed by atoms with Crippen molar-refractivity contribution in [1.29, 1.82) is 0 Å². The molecule has 120 valence electrons. The van der Waals surface area contributed by atoms with Crippen LogP contribution in [0.1, 0.15) is 22.3 Å². The van der Waals surface area contributed by atoms with Crippen LogP contribution in [0.5, 0.6) is 11.5 Å². The summed E-state index contributed by atoms with van der Waals surface area (Å²) in [6, 6.07) is 11.2. The monoisotopic (exact) mass is 315 g/mol. The van der Waals surface area contributed by atoms with Gasteiger partial charge in [0.15, 0.2) is 0 Å². The number of amides is 1. The molecule has 0 saturated heterocycles. The summed E-state index contributed by atoms with van der Waals surface area (Å²) in [7, 11) is 0. The molecule has 6 nitrogen and oxygen atoms in total. The van der Waals surface area contributed by atoms with Gasteiger partial charge in [-0.2, -0.15) is 0 Å². The van der Waals surface area contributed by atoms with Gasteiger partial charge in [-0.25, -0.2) is 4.79 Å². The van der Waals surface area contributed by atoms with Crippen LogP contribution in [-0.2, 0) is 4.79 Å². The van der Waals surface area contributed by atoms with E-state index >= 15 is 0 Å². The fourth-order valence-electron chi connectivity index (χ4n) is 1.88. The highest BCUT2D eigenvalue weighted by Gasteiger charge is 2.10. The summed E-state index contributed by atoms with van der Waals surface area (Å²) in [6.45, 7) is 2.17. The molecule has 3 N–H and O–H groups in total. The summed E-state index contributed by atoms with van der Waals surface area (Å²) >= 11 is 0. The predicted molar refractivity (Wildman–Crippen MR) is 85.0 cm³/mol. The van der Waals surface area contributed by atoms with Crippen molar-refractivity contribution in [3.05, 3.63) is 53.6 Å². The summed E-state index contributed by atoms with van der Waals surface area (Å²) in [5, 5.41) is 21.0. The molecule has 0 fully saturated rings. The molecule has 0 heterocycles. The number of phenolic OH excluding ortho intramolecular Hbond substituents is 1. The highest BCUT2D eigenvalue weighted by Crippen LogP contribution is 2.24. The lowest BCUT2D eigenvalue weighted by Gasteiger charge is -2.09. The van der Waals surface area contributed by atoms with E-state index in [-0.39, 0.29) is 35.9 Å². The number of carboxylic acid groups (broad SMARTS) is 1. The van der Waals surface area contributed by atoms with E-state index in [2.05, 4.69) is 5.32 Å². The van der Waals surface area contributed by atoms with Gasteiger partial charge < -0.3 is 20.3 Å². The minimum atomic E-state index is -1.15. The van der Waals surface area contributed by atoms with E-state index < -0.39 is 5.97 Å². The lowest BCUT2D eigenvalue weighted by molar-refractivity contribution is -0.116. The summed E-state index contributed by atoms with van der Waals surface area (Å²) in [5.41, 5.74) is 1.23. The van der Waals surface area contributed by atoms with Crippen LogP contribution in [0, 0.1) is 6.92 Å². The Kier molecular flexibility index (Phi) is 5.19. The average molecular weight is 315 g/mol. The van der Waals surface area contributed by atoms with Crippen molar-refractivity contribution >= 4 is 17.6 Å². The third kappa shape index (κ3) is 4.74. The maximum absolute atomic E-state index is 11.8. The fraction of sp³-hybridized carbons (Fsp3) is 0.176. The number of benzene rings is 2. The Morgan fingerprint density at radius 2 is 1.83 bits per heavy atom. The van der Waals surface area contributed by atoms with E-state index in [4.69, 9.17) is 9.84 Å². The first kappa shape index (κ1) is 16.4. The maximum atomic E-state index is 11.8. The molecule has 1 amide bonds. The molecule has 0 aliphatic heterocycles. The Morgan fingerprint density at radius 1 is 1.13 bits per heavy atom. The zero-order chi connectivity index (χ0) is 16.8. The Labute approximate surface area is 133 Å². The van der Waals surface area contributed by atoms with Crippen molar-refractivity contribution in [3.8, 4) is 11.5 Å². The zero-order valence-corrected chi connectivity index (χ0v) is 12.6. The summed E-state index contributed by atoms with van der Waals surface area (Å²) in [5.74, 6) is -1.10. The molecule has 0 aromatic heterocycles. The van der Waals surface area contributed by atoms with Crippen molar-refractivity contribution in [1.82, 2.24) is 0 Å². The minimum Gasteiger partial charge on any atom is -0.506 e. The first-order valence-corrected chi connectivity index (χ1v) is 7.01. The molecule has 2 rings (SSSR count). The van der Waals surface area contributed by atoms with Crippen LogP contribution in [0.4, 0.5) is 5.69 Å². The molecule has 0 aliphatic rings. The Morgan fingerprint density at radius 3 is 2.43 bits per heavy atom. The normalized spacial score (nSPS) is 10.1. The molecule has 0 spiro atoms. The molecule has 2 aromatic rings. The van der Waals surface area contributed by atoms with Crippen LogP contribution in [-0.4, -0.2) is 28.7 Å². The van der Waals surface area contributed by atoms with Gasteiger partial charge in [-0.1, -0.05) is 17.7 Å². The molecule has 0 bridgehead atoms. The van der Waals surface area contributed by atoms with Gasteiger partial charge in [0.1, 0.15) is 11.5 Å². The number of rotatable bonds is 6. The van der Waals surface area contributed by atoms with E-state index in [1.165, 1.54) is 12.1 Å². The Balaban J connectivity index is 1.85. The van der Waals surface area contributed by atoms with Crippen molar-refractivity contribution in [2.45, 2.75) is 13.3 Å². The second-order valence-corrected chi connectivity index (χ2v) is 5.00. The molecule has 0 radical (unpaired) electrons. The number of anilines is 1. The number of carboxylic acids is 1. The van der Waals surface area contributed by atoms with Crippen molar-refractivity contribution in [2.24, 2.45) is 0 Å². The Bertz CT molecular complexity index is 709. The largest absolute Gasteiger partial charge is 0.506 e. The highest BCUT2D eigenvalue weighted by atomic mass is 16.5. The first-order chi connectivity index (χ1) is 11.0. The molecule has 0 unspecified atom stereocenters. The average Bonchev–Trinajstić information content (AvgIpc) is 2.51. The van der Waals surface area contributed by atoms with Crippen LogP contribution < -0.4 is 10.1 Å². The van der Waals surface area contributed by atoms with Gasteiger partial charge in [-0.15, -0.1) is 0 Å². The molecule has 2 aromatic carbocycles. The molecule has 6 heteroatoms. The summed E-state index contributed by atoms with van der Waals surface area (Å²) in [4.78, 5) is 22.6. The van der Waals surface area contributed by atoms with Crippen molar-refractivity contribution in [2.75, 3.05) is 11.9 Å². The number of hydrogen-bond acceptors (Lipinski definition) is 4. The van der Waals surface area contributed by atoms with E-state index in [1.807, 2.05) is 31.2 Å². The molecule has 23 heavy (non-hydrogen) atoms. The molecular formula is C17H17NO5. The molecule has 0 aliphatic carbocycles. The third-order valence-corrected chi connectivity index (χ3v) is 3.14. The third-order valence-electron chi connectivity index (χ3n) is 3.14. The van der Waals surface area contributed by atoms with Gasteiger partial charge in [-0.05, 0) is 37.3 Å². The molecular weight excluding hydrogens is 298 g/mol. The van der Waals surface area contributed by atoms with Gasteiger partial charge in [0.25, 0.3) is 0 Å². The molecule has 0 atom stereocenters. The maximum Gasteiger partial charge on any atom is 0.335 e. The predicted octanol–water partition coefficient (Wildman–Crippen LogP) is 2.81. The van der Waals surface area contributed by atoms with Gasteiger partial charge in [0.2, 0.25) is 5.91 Å². The quantitative estimate of drug-likeness (QED) is 0.712.